The molecule has 1 aromatic heterocycles. The number of benzene rings is 1. The molecule has 0 aliphatic carbocycles. The number of hydrogen-bond acceptors (Lipinski definition) is 6. The van der Waals surface area contributed by atoms with Gasteiger partial charge in [-0.25, -0.2) is 0 Å². The van der Waals surface area contributed by atoms with Gasteiger partial charge < -0.3 is 20.5 Å². The Kier molecular flexibility index (Phi) is 9.79. The second-order valence-electron chi connectivity index (χ2n) is 6.82. The maximum atomic E-state index is 11.5. The Morgan fingerprint density at radius 3 is 2.80 bits per heavy atom. The van der Waals surface area contributed by atoms with Gasteiger partial charge in [0.25, 0.3) is 0 Å². The zero-order chi connectivity index (χ0) is 20.6. The molecule has 9 nitrogen and oxygen atoms in total. The lowest BCUT2D eigenvalue weighted by Gasteiger charge is -2.32. The highest BCUT2D eigenvalue weighted by Gasteiger charge is 2.21. The predicted octanol–water partition coefficient (Wildman–Crippen LogP) is 1.88. The van der Waals surface area contributed by atoms with Crippen LogP contribution >= 0.6 is 35.6 Å². The Bertz CT molecular complexity index is 853. The quantitative estimate of drug-likeness (QED) is 0.288. The fourth-order valence-corrected chi connectivity index (χ4v) is 3.33. The van der Waals surface area contributed by atoms with Gasteiger partial charge in [0.15, 0.2) is 5.96 Å². The molecule has 3 N–H and O–H groups in total. The molecule has 1 saturated heterocycles. The number of guanidine groups is 1. The summed E-state index contributed by atoms with van der Waals surface area (Å²) in [7, 11) is 3.38. The van der Waals surface area contributed by atoms with Crippen molar-refractivity contribution in [2.75, 3.05) is 33.7 Å². The molecule has 1 aromatic carbocycles. The van der Waals surface area contributed by atoms with Gasteiger partial charge in [0.05, 0.1) is 13.1 Å². The molecule has 11 heteroatoms. The number of rotatable bonds is 6. The predicted molar refractivity (Wildman–Crippen MR) is 127 cm³/mol. The van der Waals surface area contributed by atoms with E-state index in [0.29, 0.717) is 41.8 Å². The van der Waals surface area contributed by atoms with Crippen molar-refractivity contribution < 1.29 is 9.32 Å². The first-order chi connectivity index (χ1) is 14.1. The number of amides is 1. The molecule has 1 fully saturated rings. The Morgan fingerprint density at radius 1 is 1.37 bits per heavy atom. The minimum absolute atomic E-state index is 0. The van der Waals surface area contributed by atoms with Gasteiger partial charge in [-0.05, 0) is 25.0 Å². The molecule has 0 saturated carbocycles. The van der Waals surface area contributed by atoms with Crippen LogP contribution in [0.2, 0.25) is 5.02 Å². The lowest BCUT2D eigenvalue weighted by Crippen LogP contribution is -2.49. The lowest BCUT2D eigenvalue weighted by molar-refractivity contribution is -0.122. The van der Waals surface area contributed by atoms with Crippen molar-refractivity contribution in [2.24, 2.45) is 4.99 Å². The number of piperidine rings is 1. The summed E-state index contributed by atoms with van der Waals surface area (Å²) in [5, 5.41) is 13.9. The van der Waals surface area contributed by atoms with Gasteiger partial charge in [0, 0.05) is 43.8 Å². The molecule has 0 atom stereocenters. The van der Waals surface area contributed by atoms with Crippen LogP contribution in [0.4, 0.5) is 0 Å². The average Bonchev–Trinajstić information content (AvgIpc) is 3.21. The molecule has 3 rings (SSSR count). The summed E-state index contributed by atoms with van der Waals surface area (Å²) in [6, 6.07) is 7.61. The topological polar surface area (TPSA) is 108 Å². The third-order valence-electron chi connectivity index (χ3n) is 4.76. The van der Waals surface area contributed by atoms with E-state index in [1.807, 2.05) is 12.1 Å². The first kappa shape index (κ1) is 24.4. The normalized spacial score (nSPS) is 15.4. The molecule has 0 unspecified atom stereocenters. The molecular formula is C19H27ClIN7O2. The number of carbonyl (C=O) groups is 1. The summed E-state index contributed by atoms with van der Waals surface area (Å²) in [5.41, 5.74) is 0.804. The van der Waals surface area contributed by atoms with Crippen molar-refractivity contribution in [3.8, 4) is 11.4 Å². The number of aliphatic imine (C=N–C) groups is 1. The monoisotopic (exact) mass is 547 g/mol. The van der Waals surface area contributed by atoms with Crippen LogP contribution in [0, 0.1) is 0 Å². The van der Waals surface area contributed by atoms with Gasteiger partial charge in [0.1, 0.15) is 0 Å². The minimum Gasteiger partial charge on any atom is -0.358 e. The fourth-order valence-electron chi connectivity index (χ4n) is 3.14. The van der Waals surface area contributed by atoms with Crippen LogP contribution in [0.1, 0.15) is 18.7 Å². The maximum absolute atomic E-state index is 11.5. The van der Waals surface area contributed by atoms with E-state index in [-0.39, 0.29) is 29.9 Å². The van der Waals surface area contributed by atoms with Gasteiger partial charge in [0.2, 0.25) is 17.6 Å². The second-order valence-corrected chi connectivity index (χ2v) is 7.25. The standard InChI is InChI=1S/C19H26ClN7O2.HI/c1-21-16(28)12-27-8-6-15(7-9-27)24-19(22-2)23-11-17-25-18(26-29-17)13-4-3-5-14(20)10-13;/h3-5,10,15H,6-9,11-12H2,1-2H3,(H,21,28)(H2,22,23,24);1H. The van der Waals surface area contributed by atoms with E-state index >= 15 is 0 Å². The van der Waals surface area contributed by atoms with E-state index < -0.39 is 0 Å². The van der Waals surface area contributed by atoms with Crippen LogP contribution in [0.5, 0.6) is 0 Å². The number of nitrogens with one attached hydrogen (secondary N) is 3. The highest BCUT2D eigenvalue weighted by Crippen LogP contribution is 2.19. The van der Waals surface area contributed by atoms with Crippen molar-refractivity contribution in [2.45, 2.75) is 25.4 Å². The molecule has 2 aromatic rings. The number of likely N-dealkylation sites (N-methyl/N-ethyl adjacent to an activating group) is 1. The van der Waals surface area contributed by atoms with Gasteiger partial charge >= 0.3 is 0 Å². The highest BCUT2D eigenvalue weighted by molar-refractivity contribution is 14.0. The summed E-state index contributed by atoms with van der Waals surface area (Å²) in [6.07, 6.45) is 1.88. The smallest absolute Gasteiger partial charge is 0.246 e. The van der Waals surface area contributed by atoms with Gasteiger partial charge in [-0.2, -0.15) is 4.98 Å². The molecule has 1 amide bonds. The number of halogens is 2. The zero-order valence-corrected chi connectivity index (χ0v) is 20.1. The molecular weight excluding hydrogens is 521 g/mol. The fraction of sp³-hybridized carbons (Fsp3) is 0.474. The van der Waals surface area contributed by atoms with Crippen LogP contribution in [0.25, 0.3) is 11.4 Å². The van der Waals surface area contributed by atoms with Crippen molar-refractivity contribution in [1.82, 2.24) is 31.0 Å². The molecule has 1 aliphatic rings. The van der Waals surface area contributed by atoms with Crippen molar-refractivity contribution in [3.63, 3.8) is 0 Å². The molecule has 2 heterocycles. The van der Waals surface area contributed by atoms with Crippen LogP contribution < -0.4 is 16.0 Å². The van der Waals surface area contributed by atoms with Crippen molar-refractivity contribution >= 4 is 47.4 Å². The van der Waals surface area contributed by atoms with E-state index in [0.717, 1.165) is 31.5 Å². The van der Waals surface area contributed by atoms with Gasteiger partial charge in [-0.15, -0.1) is 24.0 Å². The van der Waals surface area contributed by atoms with Gasteiger partial charge in [-0.1, -0.05) is 28.9 Å². The zero-order valence-electron chi connectivity index (χ0n) is 17.0. The Hall–Kier alpha value is -1.92. The van der Waals surface area contributed by atoms with E-state index in [9.17, 15) is 4.79 Å². The van der Waals surface area contributed by atoms with Crippen LogP contribution in [0.3, 0.4) is 0 Å². The summed E-state index contributed by atoms with van der Waals surface area (Å²) >= 11 is 6.01. The maximum Gasteiger partial charge on any atom is 0.246 e. The Balaban J connectivity index is 0.00000320. The number of hydrogen-bond donors (Lipinski definition) is 3. The molecule has 30 heavy (non-hydrogen) atoms. The first-order valence-corrected chi connectivity index (χ1v) is 9.94. The van der Waals surface area contributed by atoms with Crippen molar-refractivity contribution in [1.29, 1.82) is 0 Å². The molecule has 164 valence electrons. The Morgan fingerprint density at radius 2 is 2.13 bits per heavy atom. The molecule has 0 spiro atoms. The first-order valence-electron chi connectivity index (χ1n) is 9.56. The summed E-state index contributed by atoms with van der Waals surface area (Å²) < 4.78 is 5.31. The number of nitrogens with zero attached hydrogens (tertiary/aromatic N) is 4. The van der Waals surface area contributed by atoms with E-state index in [4.69, 9.17) is 16.1 Å². The van der Waals surface area contributed by atoms with Crippen LogP contribution in [-0.4, -0.2) is 66.7 Å². The van der Waals surface area contributed by atoms with E-state index in [1.54, 1.807) is 26.2 Å². The number of likely N-dealkylation sites (tertiary alicyclic amines) is 1. The third-order valence-corrected chi connectivity index (χ3v) is 4.99. The molecule has 0 radical (unpaired) electrons. The average molecular weight is 548 g/mol. The molecule has 0 bridgehead atoms. The highest BCUT2D eigenvalue weighted by atomic mass is 127. The summed E-state index contributed by atoms with van der Waals surface area (Å²) in [5.74, 6) is 1.68. The number of aromatic nitrogens is 2. The number of carbonyl (C=O) groups excluding carboxylic acids is 1. The van der Waals surface area contributed by atoms with E-state index in [1.165, 1.54) is 0 Å². The summed E-state index contributed by atoms with van der Waals surface area (Å²) in [4.78, 5) is 22.3. The van der Waals surface area contributed by atoms with Crippen molar-refractivity contribution in [3.05, 3.63) is 35.2 Å². The Labute approximate surface area is 198 Å². The lowest BCUT2D eigenvalue weighted by atomic mass is 10.1. The summed E-state index contributed by atoms with van der Waals surface area (Å²) in [6.45, 7) is 2.55. The van der Waals surface area contributed by atoms with Crippen LogP contribution in [0.15, 0.2) is 33.8 Å². The van der Waals surface area contributed by atoms with E-state index in [2.05, 4.69) is 36.0 Å². The SMILES string of the molecule is CN=C(NCc1nc(-c2cccc(Cl)c2)no1)NC1CCN(CC(=O)NC)CC1.I. The minimum atomic E-state index is 0. The van der Waals surface area contributed by atoms with Crippen LogP contribution in [-0.2, 0) is 11.3 Å². The largest absolute Gasteiger partial charge is 0.358 e. The second kappa shape index (κ2) is 12.1. The van der Waals surface area contributed by atoms with Gasteiger partial charge in [-0.3, -0.25) is 14.7 Å². The molecule has 1 aliphatic heterocycles. The third kappa shape index (κ3) is 7.10.